The van der Waals surface area contributed by atoms with Crippen molar-refractivity contribution in [3.63, 3.8) is 0 Å². The Bertz CT molecular complexity index is 383. The summed E-state index contributed by atoms with van der Waals surface area (Å²) in [6.07, 6.45) is 6.68. The second-order valence-corrected chi connectivity index (χ2v) is 5.85. The van der Waals surface area contributed by atoms with Crippen molar-refractivity contribution >= 4 is 0 Å². The molecule has 0 radical (unpaired) electrons. The zero-order valence-electron chi connectivity index (χ0n) is 12.8. The number of piperidine rings is 1. The molecular weight excluding hydrogens is 236 g/mol. The van der Waals surface area contributed by atoms with Crippen molar-refractivity contribution in [2.24, 2.45) is 5.92 Å². The first-order chi connectivity index (χ1) is 9.19. The van der Waals surface area contributed by atoms with Crippen molar-refractivity contribution in [3.05, 3.63) is 18.2 Å². The molecule has 2 unspecified atom stereocenters. The molecule has 2 atom stereocenters. The number of nitrogens with one attached hydrogen (secondary N) is 1. The lowest BCUT2D eigenvalue weighted by molar-refractivity contribution is 0.0915. The van der Waals surface area contributed by atoms with Gasteiger partial charge in [0.15, 0.2) is 0 Å². The highest BCUT2D eigenvalue weighted by atomic mass is 15.2. The summed E-state index contributed by atoms with van der Waals surface area (Å²) in [5, 5.41) is 3.37. The highest BCUT2D eigenvalue weighted by Crippen LogP contribution is 2.36. The van der Waals surface area contributed by atoms with E-state index < -0.39 is 0 Å². The van der Waals surface area contributed by atoms with Crippen LogP contribution in [0.5, 0.6) is 0 Å². The van der Waals surface area contributed by atoms with Gasteiger partial charge in [0.05, 0.1) is 18.1 Å². The molecule has 2 heterocycles. The topological polar surface area (TPSA) is 33.1 Å². The number of rotatable bonds is 5. The third-order valence-corrected chi connectivity index (χ3v) is 4.29. The Labute approximate surface area is 117 Å². The molecule has 1 saturated heterocycles. The van der Waals surface area contributed by atoms with Crippen LogP contribution in [0.1, 0.15) is 51.4 Å². The van der Waals surface area contributed by atoms with Crippen LogP contribution in [0.2, 0.25) is 0 Å². The van der Waals surface area contributed by atoms with Crippen molar-refractivity contribution in [1.29, 1.82) is 0 Å². The summed E-state index contributed by atoms with van der Waals surface area (Å²) in [5.41, 5.74) is 1.39. The molecule has 1 N–H and O–H groups in total. The van der Waals surface area contributed by atoms with Crippen molar-refractivity contribution in [2.75, 3.05) is 26.7 Å². The molecular formula is C15H28N4. The van der Waals surface area contributed by atoms with Gasteiger partial charge in [-0.25, -0.2) is 4.98 Å². The molecule has 1 aliphatic rings. The van der Waals surface area contributed by atoms with Gasteiger partial charge in [0.2, 0.25) is 0 Å². The van der Waals surface area contributed by atoms with Crippen LogP contribution in [0.15, 0.2) is 12.5 Å². The normalized spacial score (nSPS) is 25.1. The molecule has 0 aliphatic carbocycles. The fourth-order valence-corrected chi connectivity index (χ4v) is 3.39. The number of nitrogens with zero attached hydrogens (tertiary/aromatic N) is 3. The van der Waals surface area contributed by atoms with Crippen LogP contribution in [-0.4, -0.2) is 41.1 Å². The van der Waals surface area contributed by atoms with E-state index >= 15 is 0 Å². The zero-order valence-corrected chi connectivity index (χ0v) is 12.8. The van der Waals surface area contributed by atoms with Crippen molar-refractivity contribution in [2.45, 2.75) is 45.7 Å². The average Bonchev–Trinajstić information content (AvgIpc) is 2.87. The Hall–Kier alpha value is -0.870. The average molecular weight is 264 g/mol. The molecule has 0 saturated carbocycles. The molecule has 1 aromatic rings. The first kappa shape index (κ1) is 14.5. The summed E-state index contributed by atoms with van der Waals surface area (Å²) in [7, 11) is 2.06. The van der Waals surface area contributed by atoms with Crippen molar-refractivity contribution in [1.82, 2.24) is 19.8 Å². The molecule has 0 aromatic carbocycles. The van der Waals surface area contributed by atoms with Crippen LogP contribution in [-0.2, 0) is 0 Å². The number of likely N-dealkylation sites (tertiary alicyclic amines) is 1. The van der Waals surface area contributed by atoms with Gasteiger partial charge in [-0.2, -0.15) is 0 Å². The summed E-state index contributed by atoms with van der Waals surface area (Å²) in [4.78, 5) is 7.01. The molecule has 0 spiro atoms. The van der Waals surface area contributed by atoms with Gasteiger partial charge in [-0.05, 0) is 59.3 Å². The van der Waals surface area contributed by atoms with Gasteiger partial charge in [-0.1, -0.05) is 6.92 Å². The van der Waals surface area contributed by atoms with Gasteiger partial charge in [-0.15, -0.1) is 0 Å². The lowest BCUT2D eigenvalue weighted by Crippen LogP contribution is -2.42. The molecule has 4 nitrogen and oxygen atoms in total. The molecule has 0 amide bonds. The number of aromatic nitrogens is 2. The van der Waals surface area contributed by atoms with Gasteiger partial charge < -0.3 is 9.88 Å². The maximum atomic E-state index is 4.40. The highest BCUT2D eigenvalue weighted by Gasteiger charge is 2.33. The Morgan fingerprint density at radius 2 is 2.26 bits per heavy atom. The summed E-state index contributed by atoms with van der Waals surface area (Å²) in [6.45, 7) is 10.2. The second kappa shape index (κ2) is 6.53. The molecule has 2 rings (SSSR count). The quantitative estimate of drug-likeness (QED) is 0.887. The molecule has 19 heavy (non-hydrogen) atoms. The molecule has 0 bridgehead atoms. The highest BCUT2D eigenvalue weighted by molar-refractivity contribution is 5.10. The minimum atomic E-state index is 0.480. The Kier molecular flexibility index (Phi) is 4.99. The standard InChI is InChI=1S/C15H28N4/c1-5-18-8-6-7-13(9-16-4)15(18)14-10-17-11-19(14)12(2)3/h10-13,15-16H,5-9H2,1-4H3. The fraction of sp³-hybridized carbons (Fsp3) is 0.800. The Morgan fingerprint density at radius 1 is 1.47 bits per heavy atom. The van der Waals surface area contributed by atoms with E-state index in [1.807, 2.05) is 6.33 Å². The molecule has 1 aliphatic heterocycles. The van der Waals surface area contributed by atoms with Crippen LogP contribution < -0.4 is 5.32 Å². The van der Waals surface area contributed by atoms with Gasteiger partial charge >= 0.3 is 0 Å². The van der Waals surface area contributed by atoms with Crippen LogP contribution in [0.25, 0.3) is 0 Å². The minimum absolute atomic E-state index is 0.480. The van der Waals surface area contributed by atoms with Crippen molar-refractivity contribution in [3.8, 4) is 0 Å². The van der Waals surface area contributed by atoms with Gasteiger partial charge in [-0.3, -0.25) is 4.90 Å². The predicted octanol–water partition coefficient (Wildman–Crippen LogP) is 2.46. The molecule has 108 valence electrons. The van der Waals surface area contributed by atoms with Crippen LogP contribution >= 0.6 is 0 Å². The van der Waals surface area contributed by atoms with E-state index in [0.29, 0.717) is 18.0 Å². The van der Waals surface area contributed by atoms with E-state index in [2.05, 4.69) is 53.8 Å². The fourth-order valence-electron chi connectivity index (χ4n) is 3.39. The SMILES string of the molecule is CCN1CCCC(CNC)C1c1cncn1C(C)C. The van der Waals surface area contributed by atoms with Crippen LogP contribution in [0.3, 0.4) is 0 Å². The minimum Gasteiger partial charge on any atom is -0.331 e. The van der Waals surface area contributed by atoms with E-state index in [1.54, 1.807) is 0 Å². The first-order valence-electron chi connectivity index (χ1n) is 7.59. The van der Waals surface area contributed by atoms with Gasteiger partial charge in [0.25, 0.3) is 0 Å². The number of hydrogen-bond acceptors (Lipinski definition) is 3. The summed E-state index contributed by atoms with van der Waals surface area (Å²) >= 11 is 0. The van der Waals surface area contributed by atoms with Crippen molar-refractivity contribution < 1.29 is 0 Å². The van der Waals surface area contributed by atoms with E-state index in [9.17, 15) is 0 Å². The maximum absolute atomic E-state index is 4.40. The smallest absolute Gasteiger partial charge is 0.0951 e. The van der Waals surface area contributed by atoms with Crippen LogP contribution in [0, 0.1) is 5.92 Å². The summed E-state index contributed by atoms with van der Waals surface area (Å²) in [5.74, 6) is 0.688. The van der Waals surface area contributed by atoms with E-state index in [0.717, 1.165) is 13.1 Å². The number of hydrogen-bond donors (Lipinski definition) is 1. The monoisotopic (exact) mass is 264 g/mol. The first-order valence-corrected chi connectivity index (χ1v) is 7.59. The molecule has 4 heteroatoms. The van der Waals surface area contributed by atoms with E-state index in [1.165, 1.54) is 25.1 Å². The zero-order chi connectivity index (χ0) is 13.8. The van der Waals surface area contributed by atoms with Gasteiger partial charge in [0.1, 0.15) is 0 Å². The Balaban J connectivity index is 2.31. The lowest BCUT2D eigenvalue weighted by Gasteiger charge is -2.41. The third kappa shape index (κ3) is 3.00. The Morgan fingerprint density at radius 3 is 2.89 bits per heavy atom. The summed E-state index contributed by atoms with van der Waals surface area (Å²) in [6, 6.07) is 0.990. The summed E-state index contributed by atoms with van der Waals surface area (Å²) < 4.78 is 2.33. The van der Waals surface area contributed by atoms with Crippen LogP contribution in [0.4, 0.5) is 0 Å². The van der Waals surface area contributed by atoms with E-state index in [4.69, 9.17) is 0 Å². The molecule has 1 fully saturated rings. The number of imidazole rings is 1. The van der Waals surface area contributed by atoms with Gasteiger partial charge in [0, 0.05) is 12.2 Å². The maximum Gasteiger partial charge on any atom is 0.0951 e. The third-order valence-electron chi connectivity index (χ3n) is 4.29. The van der Waals surface area contributed by atoms with E-state index in [-0.39, 0.29) is 0 Å². The lowest BCUT2D eigenvalue weighted by atomic mass is 9.87. The molecule has 1 aromatic heterocycles. The second-order valence-electron chi connectivity index (χ2n) is 5.85. The predicted molar refractivity (Wildman–Crippen MR) is 79.3 cm³/mol. The largest absolute Gasteiger partial charge is 0.331 e.